The maximum Gasteiger partial charge on any atom is 0.337 e. The topological polar surface area (TPSA) is 92.8 Å². The number of methoxy groups -OCH3 is 1. The van der Waals surface area contributed by atoms with Gasteiger partial charge in [-0.1, -0.05) is 23.8 Å². The fourth-order valence-electron chi connectivity index (χ4n) is 2.22. The number of amides is 1. The summed E-state index contributed by atoms with van der Waals surface area (Å²) >= 11 is 0. The number of ether oxygens (including phenoxy) is 1. The molecule has 1 N–H and O–H groups in total. The lowest BCUT2D eigenvalue weighted by Gasteiger charge is -2.17. The molecule has 0 bridgehead atoms. The molecule has 0 aliphatic carbocycles. The molecule has 0 saturated carbocycles. The first-order chi connectivity index (χ1) is 12.2. The fourth-order valence-corrected chi connectivity index (χ4v) is 3.35. The van der Waals surface area contributed by atoms with Gasteiger partial charge in [0.1, 0.15) is 0 Å². The van der Waals surface area contributed by atoms with Crippen LogP contribution in [0.5, 0.6) is 0 Å². The minimum atomic E-state index is -3.77. The average Bonchev–Trinajstić information content (AvgIpc) is 2.61. The molecule has 2 rings (SSSR count). The molecule has 26 heavy (non-hydrogen) atoms. The summed E-state index contributed by atoms with van der Waals surface area (Å²) in [4.78, 5) is 23.8. The highest BCUT2D eigenvalue weighted by molar-refractivity contribution is 7.89. The summed E-state index contributed by atoms with van der Waals surface area (Å²) < 4.78 is 30.6. The van der Waals surface area contributed by atoms with Crippen molar-refractivity contribution >= 4 is 27.6 Å². The molecule has 0 radical (unpaired) electrons. The van der Waals surface area contributed by atoms with E-state index >= 15 is 0 Å². The number of nitrogens with zero attached hydrogens (tertiary/aromatic N) is 1. The lowest BCUT2D eigenvalue weighted by molar-refractivity contribution is -0.116. The smallest absolute Gasteiger partial charge is 0.337 e. The van der Waals surface area contributed by atoms with Crippen LogP contribution in [0, 0.1) is 6.92 Å². The van der Waals surface area contributed by atoms with Gasteiger partial charge in [-0.3, -0.25) is 4.79 Å². The Hall–Kier alpha value is -2.71. The summed E-state index contributed by atoms with van der Waals surface area (Å²) in [6.45, 7) is 1.49. The molecule has 0 saturated heterocycles. The minimum absolute atomic E-state index is 0.117. The van der Waals surface area contributed by atoms with E-state index in [-0.39, 0.29) is 17.0 Å². The van der Waals surface area contributed by atoms with Gasteiger partial charge in [0.05, 0.1) is 24.1 Å². The second-order valence-corrected chi connectivity index (χ2v) is 7.74. The highest BCUT2D eigenvalue weighted by atomic mass is 32.2. The molecule has 0 atom stereocenters. The first-order valence-corrected chi connectivity index (χ1v) is 9.19. The van der Waals surface area contributed by atoms with Crippen LogP contribution in [0.15, 0.2) is 53.4 Å². The first-order valence-electron chi connectivity index (χ1n) is 7.75. The molecule has 0 fully saturated rings. The number of benzene rings is 2. The summed E-state index contributed by atoms with van der Waals surface area (Å²) in [7, 11) is -1.17. The predicted molar refractivity (Wildman–Crippen MR) is 97.4 cm³/mol. The van der Waals surface area contributed by atoms with Crippen LogP contribution in [-0.2, 0) is 19.6 Å². The molecule has 1 amide bonds. The van der Waals surface area contributed by atoms with Crippen molar-refractivity contribution in [3.8, 4) is 0 Å². The SMILES string of the molecule is COC(=O)c1cccc(NC(=O)CN(C)S(=O)(=O)c2ccc(C)cc2)c1. The van der Waals surface area contributed by atoms with Gasteiger partial charge in [-0.25, -0.2) is 13.2 Å². The van der Waals surface area contributed by atoms with Crippen molar-refractivity contribution < 1.29 is 22.7 Å². The first kappa shape index (κ1) is 19.6. The number of anilines is 1. The Morgan fingerprint density at radius 1 is 1.12 bits per heavy atom. The Morgan fingerprint density at radius 2 is 1.77 bits per heavy atom. The average molecular weight is 376 g/mol. The van der Waals surface area contributed by atoms with Crippen molar-refractivity contribution in [2.24, 2.45) is 0 Å². The van der Waals surface area contributed by atoms with Crippen molar-refractivity contribution in [2.45, 2.75) is 11.8 Å². The van der Waals surface area contributed by atoms with Crippen molar-refractivity contribution in [3.63, 3.8) is 0 Å². The molecule has 2 aromatic carbocycles. The van der Waals surface area contributed by atoms with Gasteiger partial charge in [0.15, 0.2) is 0 Å². The molecule has 0 aliphatic rings. The maximum absolute atomic E-state index is 12.5. The van der Waals surface area contributed by atoms with Crippen LogP contribution in [0.1, 0.15) is 15.9 Å². The summed E-state index contributed by atoms with van der Waals surface area (Å²) in [6.07, 6.45) is 0. The molecule has 138 valence electrons. The highest BCUT2D eigenvalue weighted by Crippen LogP contribution is 2.16. The van der Waals surface area contributed by atoms with Crippen molar-refractivity contribution in [3.05, 3.63) is 59.7 Å². The molecule has 0 heterocycles. The Bertz CT molecular complexity index is 907. The van der Waals surface area contributed by atoms with E-state index in [4.69, 9.17) is 0 Å². The zero-order valence-corrected chi connectivity index (χ0v) is 15.5. The summed E-state index contributed by atoms with van der Waals surface area (Å²) in [5.41, 5.74) is 1.60. The van der Waals surface area contributed by atoms with E-state index in [0.717, 1.165) is 9.87 Å². The van der Waals surface area contributed by atoms with E-state index in [0.29, 0.717) is 5.69 Å². The standard InChI is InChI=1S/C18H20N2O5S/c1-13-7-9-16(10-8-13)26(23,24)20(2)12-17(21)19-15-6-4-5-14(11-15)18(22)25-3/h4-11H,12H2,1-3H3,(H,19,21). The van der Waals surface area contributed by atoms with Crippen molar-refractivity contribution in [2.75, 3.05) is 26.0 Å². The van der Waals surface area contributed by atoms with Crippen LogP contribution in [0.25, 0.3) is 0 Å². The molecule has 0 spiro atoms. The normalized spacial score (nSPS) is 11.2. The van der Waals surface area contributed by atoms with Crippen LogP contribution in [-0.4, -0.2) is 45.3 Å². The van der Waals surface area contributed by atoms with Gasteiger partial charge in [-0.15, -0.1) is 0 Å². The lowest BCUT2D eigenvalue weighted by Crippen LogP contribution is -2.35. The van der Waals surface area contributed by atoms with Gasteiger partial charge in [-0.05, 0) is 37.3 Å². The predicted octanol–water partition coefficient (Wildman–Crippen LogP) is 2.04. The van der Waals surface area contributed by atoms with Crippen LogP contribution in [0.2, 0.25) is 0 Å². The van der Waals surface area contributed by atoms with Crippen LogP contribution < -0.4 is 5.32 Å². The Labute approximate surface area is 152 Å². The van der Waals surface area contributed by atoms with Gasteiger partial charge in [0.25, 0.3) is 0 Å². The quantitative estimate of drug-likeness (QED) is 0.779. The van der Waals surface area contributed by atoms with Gasteiger partial charge in [0, 0.05) is 12.7 Å². The van der Waals surface area contributed by atoms with Gasteiger partial charge in [-0.2, -0.15) is 4.31 Å². The Kier molecular flexibility index (Phi) is 6.12. The number of hydrogen-bond acceptors (Lipinski definition) is 5. The highest BCUT2D eigenvalue weighted by Gasteiger charge is 2.23. The van der Waals surface area contributed by atoms with Crippen LogP contribution in [0.3, 0.4) is 0 Å². The molecular weight excluding hydrogens is 356 g/mol. The van der Waals surface area contributed by atoms with Crippen LogP contribution >= 0.6 is 0 Å². The minimum Gasteiger partial charge on any atom is -0.465 e. The molecule has 0 unspecified atom stereocenters. The van der Waals surface area contributed by atoms with Crippen molar-refractivity contribution in [1.29, 1.82) is 0 Å². The number of nitrogens with one attached hydrogen (secondary N) is 1. The number of aryl methyl sites for hydroxylation is 1. The van der Waals surface area contributed by atoms with Gasteiger partial charge < -0.3 is 10.1 Å². The number of esters is 1. The molecule has 0 aromatic heterocycles. The molecular formula is C18H20N2O5S. The molecule has 2 aromatic rings. The third-order valence-electron chi connectivity index (χ3n) is 3.66. The van der Waals surface area contributed by atoms with Crippen LogP contribution in [0.4, 0.5) is 5.69 Å². The number of carbonyl (C=O) groups is 2. The van der Waals surface area contributed by atoms with E-state index in [1.54, 1.807) is 30.3 Å². The van der Waals surface area contributed by atoms with E-state index in [2.05, 4.69) is 10.1 Å². The Balaban J connectivity index is 2.07. The van der Waals surface area contributed by atoms with Gasteiger partial charge >= 0.3 is 5.97 Å². The van der Waals surface area contributed by atoms with Gasteiger partial charge in [0.2, 0.25) is 15.9 Å². The summed E-state index contributed by atoms with van der Waals surface area (Å²) in [6, 6.07) is 12.6. The van der Waals surface area contributed by atoms with E-state index < -0.39 is 21.9 Å². The summed E-state index contributed by atoms with van der Waals surface area (Å²) in [5.74, 6) is -1.05. The zero-order valence-electron chi connectivity index (χ0n) is 14.7. The summed E-state index contributed by atoms with van der Waals surface area (Å²) in [5, 5.41) is 2.57. The largest absolute Gasteiger partial charge is 0.465 e. The number of hydrogen-bond donors (Lipinski definition) is 1. The second kappa shape index (κ2) is 8.11. The fraction of sp³-hybridized carbons (Fsp3) is 0.222. The monoisotopic (exact) mass is 376 g/mol. The third kappa shape index (κ3) is 4.68. The van der Waals surface area contributed by atoms with E-state index in [1.807, 2.05) is 6.92 Å². The number of likely N-dealkylation sites (N-methyl/N-ethyl adjacent to an activating group) is 1. The van der Waals surface area contributed by atoms with E-state index in [9.17, 15) is 18.0 Å². The zero-order chi connectivity index (χ0) is 19.3. The Morgan fingerprint density at radius 3 is 2.38 bits per heavy atom. The maximum atomic E-state index is 12.5. The number of sulfonamides is 1. The third-order valence-corrected chi connectivity index (χ3v) is 5.48. The number of rotatable bonds is 6. The lowest BCUT2D eigenvalue weighted by atomic mass is 10.2. The number of carbonyl (C=O) groups excluding carboxylic acids is 2. The molecule has 8 heteroatoms. The second-order valence-electron chi connectivity index (χ2n) is 5.69. The van der Waals surface area contributed by atoms with Crippen molar-refractivity contribution in [1.82, 2.24) is 4.31 Å². The van der Waals surface area contributed by atoms with E-state index in [1.165, 1.54) is 32.4 Å². The molecule has 0 aliphatic heterocycles. The molecule has 7 nitrogen and oxygen atoms in total.